The van der Waals surface area contributed by atoms with E-state index in [1.807, 2.05) is 54.8 Å². The molecule has 23 heavy (non-hydrogen) atoms. The Morgan fingerprint density at radius 3 is 2.35 bits per heavy atom. The van der Waals surface area contributed by atoms with Gasteiger partial charge in [0.2, 0.25) is 5.89 Å². The Labute approximate surface area is 139 Å². The van der Waals surface area contributed by atoms with Crippen molar-refractivity contribution in [3.05, 3.63) is 60.5 Å². The number of thioether (sulfide) groups is 1. The lowest BCUT2D eigenvalue weighted by atomic mass is 10.2. The van der Waals surface area contributed by atoms with E-state index in [0.29, 0.717) is 12.5 Å². The molecule has 4 nitrogen and oxygen atoms in total. The molecular weight excluding hydrogens is 310 g/mol. The normalized spacial score (nSPS) is 10.5. The van der Waals surface area contributed by atoms with Crippen LogP contribution in [0.15, 0.2) is 64.1 Å². The first-order valence-electron chi connectivity index (χ1n) is 7.14. The summed E-state index contributed by atoms with van der Waals surface area (Å²) < 4.78 is 16.4. The minimum absolute atomic E-state index is 0.373. The number of nitrogens with zero attached hydrogens (tertiary/aromatic N) is 1. The highest BCUT2D eigenvalue weighted by molar-refractivity contribution is 7.98. The van der Waals surface area contributed by atoms with Crippen LogP contribution in [-0.4, -0.2) is 18.3 Å². The minimum atomic E-state index is 0.373. The van der Waals surface area contributed by atoms with Crippen molar-refractivity contribution in [2.45, 2.75) is 11.5 Å². The molecule has 0 saturated heterocycles. The average Bonchev–Trinajstić information content (AvgIpc) is 3.09. The van der Waals surface area contributed by atoms with Gasteiger partial charge < -0.3 is 13.9 Å². The molecular formula is C18H17NO3S. The van der Waals surface area contributed by atoms with E-state index < -0.39 is 0 Å². The Balaban J connectivity index is 1.64. The van der Waals surface area contributed by atoms with Crippen LogP contribution >= 0.6 is 11.8 Å². The Morgan fingerprint density at radius 2 is 1.70 bits per heavy atom. The van der Waals surface area contributed by atoms with Gasteiger partial charge in [0.05, 0.1) is 7.11 Å². The molecule has 0 atom stereocenters. The second-order valence-corrected chi connectivity index (χ2v) is 5.72. The van der Waals surface area contributed by atoms with Crippen LogP contribution in [0.4, 0.5) is 0 Å². The zero-order valence-electron chi connectivity index (χ0n) is 13.0. The SMILES string of the molecule is COc1ccc(-c2nc(COc3ccc(SC)cc3)co2)cc1. The van der Waals surface area contributed by atoms with Crippen LogP contribution in [0.5, 0.6) is 11.5 Å². The number of oxazole rings is 1. The predicted octanol–water partition coefficient (Wildman–Crippen LogP) is 4.65. The van der Waals surface area contributed by atoms with Crippen molar-refractivity contribution in [2.24, 2.45) is 0 Å². The quantitative estimate of drug-likeness (QED) is 0.617. The highest BCUT2D eigenvalue weighted by Gasteiger charge is 2.07. The molecule has 0 aliphatic rings. The van der Waals surface area contributed by atoms with Crippen molar-refractivity contribution in [3.63, 3.8) is 0 Å². The number of hydrogen-bond donors (Lipinski definition) is 0. The maximum absolute atomic E-state index is 5.73. The number of ether oxygens (including phenoxy) is 2. The van der Waals surface area contributed by atoms with E-state index in [9.17, 15) is 0 Å². The summed E-state index contributed by atoms with van der Waals surface area (Å²) in [5.74, 6) is 2.19. The maximum atomic E-state index is 5.73. The summed E-state index contributed by atoms with van der Waals surface area (Å²) in [6.45, 7) is 0.373. The van der Waals surface area contributed by atoms with Crippen molar-refractivity contribution in [2.75, 3.05) is 13.4 Å². The lowest BCUT2D eigenvalue weighted by Gasteiger charge is -2.04. The lowest BCUT2D eigenvalue weighted by Crippen LogP contribution is -1.95. The standard InChI is InChI=1S/C18H17NO3S/c1-20-15-5-3-13(4-6-15)18-19-14(12-22-18)11-21-16-7-9-17(23-2)10-8-16/h3-10,12H,11H2,1-2H3. The second-order valence-electron chi connectivity index (χ2n) is 4.84. The number of methoxy groups -OCH3 is 1. The van der Waals surface area contributed by atoms with Crippen LogP contribution in [0.3, 0.4) is 0 Å². The first kappa shape index (κ1) is 15.5. The molecule has 0 saturated carbocycles. The largest absolute Gasteiger partial charge is 0.497 e. The van der Waals surface area contributed by atoms with Crippen molar-refractivity contribution < 1.29 is 13.9 Å². The Hall–Kier alpha value is -2.40. The molecule has 0 unspecified atom stereocenters. The van der Waals surface area contributed by atoms with Gasteiger partial charge in [-0.15, -0.1) is 11.8 Å². The van der Waals surface area contributed by atoms with Gasteiger partial charge in [0.1, 0.15) is 30.1 Å². The van der Waals surface area contributed by atoms with Crippen LogP contribution in [0.2, 0.25) is 0 Å². The highest BCUT2D eigenvalue weighted by Crippen LogP contribution is 2.23. The zero-order chi connectivity index (χ0) is 16.1. The summed E-state index contributed by atoms with van der Waals surface area (Å²) in [6.07, 6.45) is 3.67. The number of benzene rings is 2. The smallest absolute Gasteiger partial charge is 0.226 e. The molecule has 0 fully saturated rings. The average molecular weight is 327 g/mol. The Bertz CT molecular complexity index is 751. The third kappa shape index (κ3) is 3.87. The van der Waals surface area contributed by atoms with Crippen molar-refractivity contribution in [3.8, 4) is 23.0 Å². The van der Waals surface area contributed by atoms with Gasteiger partial charge in [-0.25, -0.2) is 4.98 Å². The molecule has 0 amide bonds. The third-order valence-electron chi connectivity index (χ3n) is 3.33. The Morgan fingerprint density at radius 1 is 1.00 bits per heavy atom. The highest BCUT2D eigenvalue weighted by atomic mass is 32.2. The van der Waals surface area contributed by atoms with Crippen molar-refractivity contribution in [1.29, 1.82) is 0 Å². The summed E-state index contributed by atoms with van der Waals surface area (Å²) in [4.78, 5) is 5.66. The first-order chi connectivity index (χ1) is 11.3. The van der Waals surface area contributed by atoms with E-state index in [1.165, 1.54) is 4.90 Å². The molecule has 1 aromatic heterocycles. The molecule has 0 N–H and O–H groups in total. The van der Waals surface area contributed by atoms with Crippen molar-refractivity contribution in [1.82, 2.24) is 4.98 Å². The van der Waals surface area contributed by atoms with E-state index in [1.54, 1.807) is 25.1 Å². The molecule has 5 heteroatoms. The van der Waals surface area contributed by atoms with Gasteiger partial charge in [0, 0.05) is 10.5 Å². The van der Waals surface area contributed by atoms with E-state index in [2.05, 4.69) is 4.98 Å². The summed E-state index contributed by atoms with van der Waals surface area (Å²) in [5, 5.41) is 0. The van der Waals surface area contributed by atoms with E-state index in [-0.39, 0.29) is 0 Å². The number of hydrogen-bond acceptors (Lipinski definition) is 5. The lowest BCUT2D eigenvalue weighted by molar-refractivity contribution is 0.301. The van der Waals surface area contributed by atoms with Crippen LogP contribution in [0, 0.1) is 0 Å². The summed E-state index contributed by atoms with van der Waals surface area (Å²) in [7, 11) is 1.64. The zero-order valence-corrected chi connectivity index (χ0v) is 13.8. The van der Waals surface area contributed by atoms with Gasteiger partial charge in [0.25, 0.3) is 0 Å². The van der Waals surface area contributed by atoms with Crippen LogP contribution < -0.4 is 9.47 Å². The first-order valence-corrected chi connectivity index (χ1v) is 8.36. The second kappa shape index (κ2) is 7.24. The van der Waals surface area contributed by atoms with Crippen LogP contribution in [0.1, 0.15) is 5.69 Å². The summed E-state index contributed by atoms with van der Waals surface area (Å²) in [6, 6.07) is 15.6. The van der Waals surface area contributed by atoms with E-state index in [4.69, 9.17) is 13.9 Å². The van der Waals surface area contributed by atoms with Gasteiger partial charge in [-0.1, -0.05) is 0 Å². The van der Waals surface area contributed by atoms with Crippen molar-refractivity contribution >= 4 is 11.8 Å². The monoisotopic (exact) mass is 327 g/mol. The fourth-order valence-corrected chi connectivity index (χ4v) is 2.48. The van der Waals surface area contributed by atoms with Gasteiger partial charge in [-0.2, -0.15) is 0 Å². The molecule has 3 aromatic rings. The van der Waals surface area contributed by atoms with E-state index in [0.717, 1.165) is 22.8 Å². The molecule has 0 spiro atoms. The minimum Gasteiger partial charge on any atom is -0.497 e. The number of aromatic nitrogens is 1. The number of rotatable bonds is 6. The molecule has 1 heterocycles. The van der Waals surface area contributed by atoms with Crippen LogP contribution in [-0.2, 0) is 6.61 Å². The molecule has 3 rings (SSSR count). The van der Waals surface area contributed by atoms with Gasteiger partial charge in [0.15, 0.2) is 0 Å². The molecule has 118 valence electrons. The molecule has 0 aliphatic heterocycles. The molecule has 0 aliphatic carbocycles. The molecule has 0 radical (unpaired) electrons. The fourth-order valence-electron chi connectivity index (χ4n) is 2.07. The topological polar surface area (TPSA) is 44.5 Å². The van der Waals surface area contributed by atoms with Crippen LogP contribution in [0.25, 0.3) is 11.5 Å². The van der Waals surface area contributed by atoms with Gasteiger partial charge >= 0.3 is 0 Å². The van der Waals surface area contributed by atoms with E-state index >= 15 is 0 Å². The van der Waals surface area contributed by atoms with Gasteiger partial charge in [-0.05, 0) is 54.8 Å². The molecule has 2 aromatic carbocycles. The summed E-state index contributed by atoms with van der Waals surface area (Å²) >= 11 is 1.70. The summed E-state index contributed by atoms with van der Waals surface area (Å²) in [5.41, 5.74) is 1.66. The Kier molecular flexibility index (Phi) is 4.88. The third-order valence-corrected chi connectivity index (χ3v) is 4.08. The predicted molar refractivity (Wildman–Crippen MR) is 91.0 cm³/mol. The molecule has 0 bridgehead atoms. The van der Waals surface area contributed by atoms with Gasteiger partial charge in [-0.3, -0.25) is 0 Å². The maximum Gasteiger partial charge on any atom is 0.226 e. The fraction of sp³-hybridized carbons (Fsp3) is 0.167.